The SMILES string of the molecule is OC1(CN2CCOC[C@](O)(COc3ccc(F)c(Cl)c3)C2)CCCCCC1. The van der Waals surface area contributed by atoms with Gasteiger partial charge >= 0.3 is 0 Å². The first kappa shape index (κ1) is 20.8. The Morgan fingerprint density at radius 3 is 2.59 bits per heavy atom. The van der Waals surface area contributed by atoms with Crippen molar-refractivity contribution in [2.75, 3.05) is 39.5 Å². The molecule has 0 spiro atoms. The molecule has 152 valence electrons. The lowest BCUT2D eigenvalue weighted by molar-refractivity contribution is -0.0733. The van der Waals surface area contributed by atoms with Gasteiger partial charge < -0.3 is 19.7 Å². The van der Waals surface area contributed by atoms with Gasteiger partial charge in [0.1, 0.15) is 23.8 Å². The zero-order valence-corrected chi connectivity index (χ0v) is 16.4. The van der Waals surface area contributed by atoms with E-state index in [0.29, 0.717) is 32.0 Å². The summed E-state index contributed by atoms with van der Waals surface area (Å²) in [6, 6.07) is 4.11. The van der Waals surface area contributed by atoms with Crippen LogP contribution < -0.4 is 4.74 Å². The Bertz CT molecular complexity index is 624. The Labute approximate surface area is 165 Å². The van der Waals surface area contributed by atoms with E-state index >= 15 is 0 Å². The number of halogens is 2. The van der Waals surface area contributed by atoms with Gasteiger partial charge in [-0.25, -0.2) is 4.39 Å². The second-order valence-electron chi connectivity index (χ2n) is 7.99. The third-order valence-corrected chi connectivity index (χ3v) is 5.68. The predicted octanol–water partition coefficient (Wildman–Crippen LogP) is 3.01. The molecular weight excluding hydrogens is 373 g/mol. The Morgan fingerprint density at radius 2 is 1.89 bits per heavy atom. The average Bonchev–Trinajstić information content (AvgIpc) is 2.94. The minimum absolute atomic E-state index is 0.00386. The maximum absolute atomic E-state index is 13.3. The molecule has 1 aliphatic carbocycles. The summed E-state index contributed by atoms with van der Waals surface area (Å²) >= 11 is 5.78. The number of ether oxygens (including phenoxy) is 2. The smallest absolute Gasteiger partial charge is 0.142 e. The third kappa shape index (κ3) is 6.03. The molecule has 0 amide bonds. The standard InChI is InChI=1S/C20H29ClFNO4/c21-17-11-16(5-6-18(17)22)27-15-20(25)13-23(9-10-26-14-20)12-19(24)7-3-1-2-4-8-19/h5-6,11,24-25H,1-4,7-10,12-15H2/t20-/m0/s1. The molecular formula is C20H29ClFNO4. The molecule has 1 aromatic carbocycles. The van der Waals surface area contributed by atoms with Gasteiger partial charge in [0, 0.05) is 25.7 Å². The number of hydrogen-bond donors (Lipinski definition) is 2. The van der Waals surface area contributed by atoms with Crippen LogP contribution in [0.15, 0.2) is 18.2 Å². The first-order chi connectivity index (χ1) is 12.9. The fourth-order valence-corrected chi connectivity index (χ4v) is 4.13. The molecule has 7 heteroatoms. The average molecular weight is 402 g/mol. The van der Waals surface area contributed by atoms with E-state index in [-0.39, 0.29) is 18.2 Å². The van der Waals surface area contributed by atoms with Crippen molar-refractivity contribution < 1.29 is 24.1 Å². The Kier molecular flexibility index (Phi) is 6.98. The van der Waals surface area contributed by atoms with Crippen LogP contribution in [0.25, 0.3) is 0 Å². The molecule has 1 aromatic rings. The summed E-state index contributed by atoms with van der Waals surface area (Å²) in [7, 11) is 0. The van der Waals surface area contributed by atoms with E-state index in [0.717, 1.165) is 25.7 Å². The van der Waals surface area contributed by atoms with Crippen LogP contribution in [0.2, 0.25) is 5.02 Å². The normalized spacial score (nSPS) is 27.0. The Morgan fingerprint density at radius 1 is 1.15 bits per heavy atom. The quantitative estimate of drug-likeness (QED) is 0.743. The van der Waals surface area contributed by atoms with Gasteiger partial charge in [-0.05, 0) is 25.0 Å². The van der Waals surface area contributed by atoms with Crippen molar-refractivity contribution >= 4 is 11.6 Å². The number of β-amino-alcohol motifs (C(OH)–C–C–N with tert-alkyl or cyclic N) is 2. The largest absolute Gasteiger partial charge is 0.490 e. The molecule has 2 aliphatic rings. The maximum atomic E-state index is 13.3. The molecule has 1 atom stereocenters. The highest BCUT2D eigenvalue weighted by atomic mass is 35.5. The maximum Gasteiger partial charge on any atom is 0.142 e. The second-order valence-corrected chi connectivity index (χ2v) is 8.40. The molecule has 27 heavy (non-hydrogen) atoms. The van der Waals surface area contributed by atoms with Crippen molar-refractivity contribution in [1.29, 1.82) is 0 Å². The minimum Gasteiger partial charge on any atom is -0.490 e. The lowest BCUT2D eigenvalue weighted by Crippen LogP contribution is -2.52. The van der Waals surface area contributed by atoms with Crippen molar-refractivity contribution in [1.82, 2.24) is 4.90 Å². The molecule has 5 nitrogen and oxygen atoms in total. The fraction of sp³-hybridized carbons (Fsp3) is 0.700. The van der Waals surface area contributed by atoms with Gasteiger partial charge in [0.25, 0.3) is 0 Å². The fourth-order valence-electron chi connectivity index (χ4n) is 3.96. The van der Waals surface area contributed by atoms with E-state index in [2.05, 4.69) is 4.90 Å². The van der Waals surface area contributed by atoms with Crippen LogP contribution in [0.5, 0.6) is 5.75 Å². The van der Waals surface area contributed by atoms with E-state index in [1.165, 1.54) is 31.0 Å². The summed E-state index contributed by atoms with van der Waals surface area (Å²) in [5, 5.41) is 22.0. The Hall–Kier alpha value is -0.920. The summed E-state index contributed by atoms with van der Waals surface area (Å²) in [6.45, 7) is 2.19. The molecule has 1 aliphatic heterocycles. The third-order valence-electron chi connectivity index (χ3n) is 5.39. The molecule has 0 bridgehead atoms. The number of aliphatic hydroxyl groups is 2. The van der Waals surface area contributed by atoms with Crippen LogP contribution in [0, 0.1) is 5.82 Å². The van der Waals surface area contributed by atoms with Crippen LogP contribution in [-0.2, 0) is 4.74 Å². The molecule has 1 saturated carbocycles. The van der Waals surface area contributed by atoms with Crippen LogP contribution in [0.3, 0.4) is 0 Å². The van der Waals surface area contributed by atoms with Gasteiger partial charge in [-0.3, -0.25) is 4.90 Å². The summed E-state index contributed by atoms with van der Waals surface area (Å²) < 4.78 is 24.5. The topological polar surface area (TPSA) is 62.2 Å². The summed E-state index contributed by atoms with van der Waals surface area (Å²) in [4.78, 5) is 2.07. The van der Waals surface area contributed by atoms with E-state index in [9.17, 15) is 14.6 Å². The van der Waals surface area contributed by atoms with Gasteiger partial charge in [0.15, 0.2) is 0 Å². The molecule has 2 fully saturated rings. The van der Waals surface area contributed by atoms with Crippen LogP contribution in [-0.4, -0.2) is 65.8 Å². The van der Waals surface area contributed by atoms with E-state index in [1.807, 2.05) is 0 Å². The first-order valence-electron chi connectivity index (χ1n) is 9.70. The van der Waals surface area contributed by atoms with Crippen LogP contribution >= 0.6 is 11.6 Å². The molecule has 1 saturated heterocycles. The summed E-state index contributed by atoms with van der Waals surface area (Å²) in [5.74, 6) is -0.114. The zero-order chi connectivity index (χ0) is 19.3. The lowest BCUT2D eigenvalue weighted by atomic mass is 9.93. The molecule has 1 heterocycles. The first-order valence-corrected chi connectivity index (χ1v) is 10.1. The van der Waals surface area contributed by atoms with Crippen molar-refractivity contribution in [2.45, 2.75) is 49.7 Å². The predicted molar refractivity (Wildman–Crippen MR) is 102 cm³/mol. The van der Waals surface area contributed by atoms with Crippen LogP contribution in [0.4, 0.5) is 4.39 Å². The van der Waals surface area contributed by atoms with Crippen molar-refractivity contribution in [3.05, 3.63) is 29.0 Å². The lowest BCUT2D eigenvalue weighted by Gasteiger charge is -2.36. The zero-order valence-electron chi connectivity index (χ0n) is 15.6. The molecule has 0 aromatic heterocycles. The second kappa shape index (κ2) is 9.05. The monoisotopic (exact) mass is 401 g/mol. The van der Waals surface area contributed by atoms with Gasteiger partial charge in [0.05, 0.1) is 23.8 Å². The van der Waals surface area contributed by atoms with Crippen LogP contribution in [0.1, 0.15) is 38.5 Å². The van der Waals surface area contributed by atoms with Gasteiger partial charge in [-0.15, -0.1) is 0 Å². The highest BCUT2D eigenvalue weighted by Gasteiger charge is 2.37. The number of hydrogen-bond acceptors (Lipinski definition) is 5. The van der Waals surface area contributed by atoms with E-state index in [1.54, 1.807) is 0 Å². The van der Waals surface area contributed by atoms with Gasteiger partial charge in [-0.1, -0.05) is 37.3 Å². The number of benzene rings is 1. The van der Waals surface area contributed by atoms with Crippen molar-refractivity contribution in [2.24, 2.45) is 0 Å². The van der Waals surface area contributed by atoms with Gasteiger partial charge in [-0.2, -0.15) is 0 Å². The van der Waals surface area contributed by atoms with E-state index in [4.69, 9.17) is 21.1 Å². The summed E-state index contributed by atoms with van der Waals surface area (Å²) in [6.07, 6.45) is 6.02. The number of nitrogens with zero attached hydrogens (tertiary/aromatic N) is 1. The Balaban J connectivity index is 1.61. The molecule has 2 N–H and O–H groups in total. The van der Waals surface area contributed by atoms with E-state index < -0.39 is 17.0 Å². The van der Waals surface area contributed by atoms with Crippen molar-refractivity contribution in [3.63, 3.8) is 0 Å². The molecule has 3 rings (SSSR count). The summed E-state index contributed by atoms with van der Waals surface area (Å²) in [5.41, 5.74) is -1.91. The molecule has 0 radical (unpaired) electrons. The minimum atomic E-state index is -1.21. The highest BCUT2D eigenvalue weighted by molar-refractivity contribution is 6.30. The van der Waals surface area contributed by atoms with Crippen molar-refractivity contribution in [3.8, 4) is 5.75 Å². The molecule has 0 unspecified atom stereocenters. The highest BCUT2D eigenvalue weighted by Crippen LogP contribution is 2.29. The van der Waals surface area contributed by atoms with Gasteiger partial charge in [0.2, 0.25) is 0 Å². The number of rotatable bonds is 5.